The van der Waals surface area contributed by atoms with E-state index in [0.29, 0.717) is 6.54 Å². The van der Waals surface area contributed by atoms with Crippen molar-refractivity contribution in [1.29, 1.82) is 0 Å². The highest BCUT2D eigenvalue weighted by atomic mass is 35.5. The van der Waals surface area contributed by atoms with Gasteiger partial charge in [0.2, 0.25) is 5.15 Å². The van der Waals surface area contributed by atoms with Gasteiger partial charge in [-0.1, -0.05) is 18.0 Å². The second-order valence-corrected chi connectivity index (χ2v) is 5.27. The van der Waals surface area contributed by atoms with Crippen molar-refractivity contribution >= 4 is 23.2 Å². The van der Waals surface area contributed by atoms with Gasteiger partial charge in [0, 0.05) is 19.3 Å². The van der Waals surface area contributed by atoms with Crippen molar-refractivity contribution < 1.29 is 9.72 Å². The lowest BCUT2D eigenvalue weighted by Gasteiger charge is -2.26. The number of hydrogen-bond donors (Lipinski definition) is 1. The first-order chi connectivity index (χ1) is 10.1. The van der Waals surface area contributed by atoms with Gasteiger partial charge in [-0.05, 0) is 32.0 Å². The van der Waals surface area contributed by atoms with E-state index in [1.165, 1.54) is 31.5 Å². The van der Waals surface area contributed by atoms with Crippen LogP contribution in [0.15, 0.2) is 12.3 Å². The van der Waals surface area contributed by atoms with E-state index in [2.05, 4.69) is 15.2 Å². The highest BCUT2D eigenvalue weighted by molar-refractivity contribution is 6.32. The van der Waals surface area contributed by atoms with Gasteiger partial charge in [-0.3, -0.25) is 14.9 Å². The summed E-state index contributed by atoms with van der Waals surface area (Å²) in [7, 11) is 0. The maximum absolute atomic E-state index is 12.0. The molecule has 0 unspecified atom stereocenters. The molecule has 0 saturated carbocycles. The third-order valence-corrected chi connectivity index (χ3v) is 3.75. The van der Waals surface area contributed by atoms with Crippen molar-refractivity contribution in [2.45, 2.75) is 19.3 Å². The van der Waals surface area contributed by atoms with Crippen LogP contribution in [-0.4, -0.2) is 46.9 Å². The van der Waals surface area contributed by atoms with Crippen molar-refractivity contribution in [2.75, 3.05) is 26.2 Å². The Bertz CT molecular complexity index is 532. The number of carbonyl (C=O) groups excluding carboxylic acids is 1. The number of nitro groups is 1. The van der Waals surface area contributed by atoms with Crippen LogP contribution in [-0.2, 0) is 0 Å². The average molecular weight is 313 g/mol. The second-order valence-electron chi connectivity index (χ2n) is 4.91. The first kappa shape index (κ1) is 15.7. The summed E-state index contributed by atoms with van der Waals surface area (Å²) in [5, 5.41) is 13.4. The van der Waals surface area contributed by atoms with Crippen molar-refractivity contribution in [3.8, 4) is 0 Å². The molecule has 114 valence electrons. The molecule has 1 aliphatic rings. The molecule has 0 radical (unpaired) electrons. The largest absolute Gasteiger partial charge is 0.351 e. The van der Waals surface area contributed by atoms with Gasteiger partial charge in [0.15, 0.2) is 0 Å². The summed E-state index contributed by atoms with van der Waals surface area (Å²) >= 11 is 5.68. The summed E-state index contributed by atoms with van der Waals surface area (Å²) in [4.78, 5) is 28.2. The van der Waals surface area contributed by atoms with Crippen molar-refractivity contribution in [3.05, 3.63) is 33.1 Å². The van der Waals surface area contributed by atoms with E-state index < -0.39 is 16.5 Å². The fraction of sp³-hybridized carbons (Fsp3) is 0.538. The van der Waals surface area contributed by atoms with Crippen LogP contribution in [0.5, 0.6) is 0 Å². The van der Waals surface area contributed by atoms with E-state index in [9.17, 15) is 14.9 Å². The SMILES string of the molecule is O=C(NCCN1CCCCC1)c1ccnc(Cl)c1[N+](=O)[O-]. The minimum atomic E-state index is -0.686. The van der Waals surface area contributed by atoms with Crippen LogP contribution >= 0.6 is 11.6 Å². The third-order valence-electron chi connectivity index (χ3n) is 3.47. The fourth-order valence-corrected chi connectivity index (χ4v) is 2.62. The van der Waals surface area contributed by atoms with Gasteiger partial charge in [-0.25, -0.2) is 4.98 Å². The molecule has 2 rings (SSSR count). The Balaban J connectivity index is 1.94. The van der Waals surface area contributed by atoms with Crippen molar-refractivity contribution in [2.24, 2.45) is 0 Å². The molecule has 0 atom stereocenters. The molecule has 2 heterocycles. The van der Waals surface area contributed by atoms with Crippen molar-refractivity contribution in [3.63, 3.8) is 0 Å². The molecule has 1 amide bonds. The van der Waals surface area contributed by atoms with Crippen LogP contribution < -0.4 is 5.32 Å². The van der Waals surface area contributed by atoms with E-state index in [1.54, 1.807) is 0 Å². The molecule has 1 saturated heterocycles. The molecule has 0 aliphatic carbocycles. The normalized spacial score (nSPS) is 15.7. The van der Waals surface area contributed by atoms with Gasteiger partial charge in [0.05, 0.1) is 4.92 Å². The molecule has 1 N–H and O–H groups in total. The lowest BCUT2D eigenvalue weighted by atomic mass is 10.1. The molecule has 8 heteroatoms. The summed E-state index contributed by atoms with van der Waals surface area (Å²) in [6, 6.07) is 1.31. The van der Waals surface area contributed by atoms with Gasteiger partial charge in [0.25, 0.3) is 5.91 Å². The van der Waals surface area contributed by atoms with Gasteiger partial charge >= 0.3 is 5.69 Å². The van der Waals surface area contributed by atoms with Gasteiger partial charge < -0.3 is 10.2 Å². The lowest BCUT2D eigenvalue weighted by molar-refractivity contribution is -0.385. The summed E-state index contributed by atoms with van der Waals surface area (Å²) in [6.07, 6.45) is 4.90. The molecule has 0 aromatic carbocycles. The Morgan fingerprint density at radius 3 is 2.81 bits per heavy atom. The van der Waals surface area contributed by atoms with Crippen LogP contribution in [0.4, 0.5) is 5.69 Å². The highest BCUT2D eigenvalue weighted by Crippen LogP contribution is 2.25. The first-order valence-electron chi connectivity index (χ1n) is 6.89. The first-order valence-corrected chi connectivity index (χ1v) is 7.27. The van der Waals surface area contributed by atoms with Crippen LogP contribution in [0.25, 0.3) is 0 Å². The summed E-state index contributed by atoms with van der Waals surface area (Å²) in [5.74, 6) is -0.497. The molecule has 1 fully saturated rings. The predicted molar refractivity (Wildman–Crippen MR) is 78.5 cm³/mol. The highest BCUT2D eigenvalue weighted by Gasteiger charge is 2.24. The average Bonchev–Trinajstić information content (AvgIpc) is 2.47. The number of aromatic nitrogens is 1. The van der Waals surface area contributed by atoms with Gasteiger partial charge in [-0.2, -0.15) is 0 Å². The molecule has 0 spiro atoms. The van der Waals surface area contributed by atoms with E-state index in [4.69, 9.17) is 11.6 Å². The monoisotopic (exact) mass is 312 g/mol. The summed E-state index contributed by atoms with van der Waals surface area (Å²) in [6.45, 7) is 3.28. The molecular weight excluding hydrogens is 296 g/mol. The van der Waals surface area contributed by atoms with E-state index >= 15 is 0 Å². The number of hydrogen-bond acceptors (Lipinski definition) is 5. The molecule has 1 aromatic rings. The van der Waals surface area contributed by atoms with Crippen LogP contribution in [0.3, 0.4) is 0 Å². The Hall–Kier alpha value is -1.73. The van der Waals surface area contributed by atoms with Crippen LogP contribution in [0, 0.1) is 10.1 Å². The standard InChI is InChI=1S/C13H17ClN4O3/c14-12-11(18(20)21)10(4-5-15-12)13(19)16-6-9-17-7-2-1-3-8-17/h4-5H,1-3,6-9H2,(H,16,19). The zero-order valence-electron chi connectivity index (χ0n) is 11.5. The smallest absolute Gasteiger partial charge is 0.319 e. The molecule has 1 aromatic heterocycles. The number of nitrogens with zero attached hydrogens (tertiary/aromatic N) is 3. The molecule has 1 aliphatic heterocycles. The predicted octanol–water partition coefficient (Wildman–Crippen LogP) is 1.86. The topological polar surface area (TPSA) is 88.4 Å². The number of halogens is 1. The second kappa shape index (κ2) is 7.33. The Morgan fingerprint density at radius 1 is 1.43 bits per heavy atom. The minimum Gasteiger partial charge on any atom is -0.351 e. The number of nitrogens with one attached hydrogen (secondary N) is 1. The molecular formula is C13H17ClN4O3. The molecule has 21 heavy (non-hydrogen) atoms. The van der Waals surface area contributed by atoms with Crippen LogP contribution in [0.2, 0.25) is 5.15 Å². The molecule has 7 nitrogen and oxygen atoms in total. The number of carbonyl (C=O) groups is 1. The number of amides is 1. The zero-order chi connectivity index (χ0) is 15.2. The number of likely N-dealkylation sites (tertiary alicyclic amines) is 1. The lowest BCUT2D eigenvalue weighted by Crippen LogP contribution is -2.37. The maximum atomic E-state index is 12.0. The van der Waals surface area contributed by atoms with Gasteiger partial charge in [-0.15, -0.1) is 0 Å². The van der Waals surface area contributed by atoms with Gasteiger partial charge in [0.1, 0.15) is 5.56 Å². The third kappa shape index (κ3) is 4.12. The van der Waals surface area contributed by atoms with Crippen molar-refractivity contribution in [1.82, 2.24) is 15.2 Å². The van der Waals surface area contributed by atoms with E-state index in [0.717, 1.165) is 19.6 Å². The Kier molecular flexibility index (Phi) is 5.46. The van der Waals surface area contributed by atoms with E-state index in [-0.39, 0.29) is 10.7 Å². The number of piperidine rings is 1. The number of rotatable bonds is 5. The summed E-state index contributed by atoms with van der Waals surface area (Å²) in [5.41, 5.74) is -0.506. The summed E-state index contributed by atoms with van der Waals surface area (Å²) < 4.78 is 0. The zero-order valence-corrected chi connectivity index (χ0v) is 12.3. The number of pyridine rings is 1. The molecule has 0 bridgehead atoms. The Labute approximate surface area is 127 Å². The quantitative estimate of drug-likeness (QED) is 0.509. The van der Waals surface area contributed by atoms with Crippen LogP contribution in [0.1, 0.15) is 29.6 Å². The Morgan fingerprint density at radius 2 is 2.14 bits per heavy atom. The minimum absolute atomic E-state index is 0.0568. The maximum Gasteiger partial charge on any atom is 0.319 e. The fourth-order valence-electron chi connectivity index (χ4n) is 2.39. The van der Waals surface area contributed by atoms with E-state index in [1.807, 2.05) is 0 Å².